The van der Waals surface area contributed by atoms with E-state index in [1.165, 1.54) is 0 Å². The van der Waals surface area contributed by atoms with Gasteiger partial charge in [0.25, 0.3) is 0 Å². The SMILES string of the molecule is CCC(C)C(=O)OCCc1ccc(OC(F)(F)C(F)(F)C(F)(F)C(F)(F)C(F)(F)C(F)(F)C(F)(F)F)cc1. The highest BCUT2D eigenvalue weighted by Crippen LogP contribution is 2.62. The summed E-state index contributed by atoms with van der Waals surface area (Å²) in [4.78, 5) is 11.5. The third-order valence-corrected chi connectivity index (χ3v) is 5.12. The Labute approximate surface area is 203 Å². The molecule has 0 fully saturated rings. The molecule has 1 unspecified atom stereocenters. The molecular weight excluding hydrogens is 573 g/mol. The molecule has 0 saturated carbocycles. The fourth-order valence-electron chi connectivity index (χ4n) is 2.47. The molecule has 0 saturated heterocycles. The molecule has 0 spiro atoms. The normalized spacial score (nSPS) is 15.3. The van der Waals surface area contributed by atoms with E-state index in [-0.39, 0.29) is 18.6 Å². The topological polar surface area (TPSA) is 35.5 Å². The van der Waals surface area contributed by atoms with Gasteiger partial charge in [-0.2, -0.15) is 65.9 Å². The van der Waals surface area contributed by atoms with Crippen molar-refractivity contribution in [2.45, 2.75) is 68.6 Å². The van der Waals surface area contributed by atoms with Crippen LogP contribution in [-0.4, -0.2) is 54.5 Å². The van der Waals surface area contributed by atoms with Crippen LogP contribution in [0.5, 0.6) is 5.75 Å². The maximum absolute atomic E-state index is 13.8. The molecule has 0 aliphatic rings. The number of rotatable bonds is 12. The molecule has 0 heterocycles. The van der Waals surface area contributed by atoms with Gasteiger partial charge in [-0.3, -0.25) is 4.79 Å². The highest BCUT2D eigenvalue weighted by atomic mass is 19.4. The van der Waals surface area contributed by atoms with Crippen LogP contribution in [0.25, 0.3) is 0 Å². The van der Waals surface area contributed by atoms with Crippen molar-refractivity contribution in [3.8, 4) is 5.75 Å². The molecule has 0 aliphatic carbocycles. The molecule has 0 bridgehead atoms. The van der Waals surface area contributed by atoms with Gasteiger partial charge in [0.1, 0.15) is 5.75 Å². The number of hydrogen-bond acceptors (Lipinski definition) is 3. The molecule has 1 aromatic rings. The zero-order valence-corrected chi connectivity index (χ0v) is 18.9. The lowest BCUT2D eigenvalue weighted by Crippen LogP contribution is -2.73. The minimum absolute atomic E-state index is 0.0954. The summed E-state index contributed by atoms with van der Waals surface area (Å²) in [5.74, 6) is -43.2. The Morgan fingerprint density at radius 1 is 0.711 bits per heavy atom. The van der Waals surface area contributed by atoms with Crippen molar-refractivity contribution in [2.75, 3.05) is 6.61 Å². The number of esters is 1. The predicted octanol–water partition coefficient (Wildman–Crippen LogP) is 7.53. The molecule has 1 rings (SSSR count). The van der Waals surface area contributed by atoms with Gasteiger partial charge >= 0.3 is 47.9 Å². The Hall–Kier alpha value is -2.56. The lowest BCUT2D eigenvalue weighted by molar-refractivity contribution is -0.465. The summed E-state index contributed by atoms with van der Waals surface area (Å²) >= 11 is 0. The zero-order chi connectivity index (χ0) is 30.2. The number of ether oxygens (including phenoxy) is 2. The number of alkyl halides is 15. The Kier molecular flexibility index (Phi) is 9.29. The van der Waals surface area contributed by atoms with E-state index in [2.05, 4.69) is 4.74 Å². The van der Waals surface area contributed by atoms with Gasteiger partial charge in [0.2, 0.25) is 0 Å². The van der Waals surface area contributed by atoms with Gasteiger partial charge in [0.05, 0.1) is 12.5 Å². The van der Waals surface area contributed by atoms with E-state index in [9.17, 15) is 70.7 Å². The maximum atomic E-state index is 13.8. The average molecular weight is 590 g/mol. The monoisotopic (exact) mass is 590 g/mol. The van der Waals surface area contributed by atoms with E-state index in [1.807, 2.05) is 0 Å². The Morgan fingerprint density at radius 2 is 1.13 bits per heavy atom. The van der Waals surface area contributed by atoms with E-state index in [0.717, 1.165) is 12.1 Å². The van der Waals surface area contributed by atoms with Crippen molar-refractivity contribution >= 4 is 5.97 Å². The molecule has 3 nitrogen and oxygen atoms in total. The van der Waals surface area contributed by atoms with Gasteiger partial charge in [0.15, 0.2) is 0 Å². The lowest BCUT2D eigenvalue weighted by Gasteiger charge is -2.41. The molecule has 18 heteroatoms. The first-order valence-electron chi connectivity index (χ1n) is 10.1. The third kappa shape index (κ3) is 5.72. The Morgan fingerprint density at radius 3 is 1.55 bits per heavy atom. The first kappa shape index (κ1) is 33.5. The summed E-state index contributed by atoms with van der Waals surface area (Å²) in [6, 6.07) is 2.42. The number of benzene rings is 1. The average Bonchev–Trinajstić information content (AvgIpc) is 2.77. The van der Waals surface area contributed by atoms with Crippen LogP contribution in [0.2, 0.25) is 0 Å². The van der Waals surface area contributed by atoms with Gasteiger partial charge in [-0.25, -0.2) is 0 Å². The summed E-state index contributed by atoms with van der Waals surface area (Å²) in [6.07, 6.45) is -14.2. The molecule has 0 amide bonds. The molecular formula is C20H17F15O3. The highest BCUT2D eigenvalue weighted by molar-refractivity contribution is 5.71. The maximum Gasteiger partial charge on any atom is 0.471 e. The van der Waals surface area contributed by atoms with Gasteiger partial charge in [-0.05, 0) is 24.1 Å². The Bertz CT molecular complexity index is 955. The van der Waals surface area contributed by atoms with Crippen LogP contribution < -0.4 is 4.74 Å². The molecule has 220 valence electrons. The van der Waals surface area contributed by atoms with E-state index in [1.54, 1.807) is 13.8 Å². The van der Waals surface area contributed by atoms with Crippen LogP contribution in [0.1, 0.15) is 25.8 Å². The van der Waals surface area contributed by atoms with Crippen molar-refractivity contribution in [3.05, 3.63) is 29.8 Å². The van der Waals surface area contributed by atoms with Crippen LogP contribution in [0.4, 0.5) is 65.9 Å². The number of carbonyl (C=O) groups excluding carboxylic acids is 1. The molecule has 38 heavy (non-hydrogen) atoms. The van der Waals surface area contributed by atoms with Crippen LogP contribution in [0, 0.1) is 5.92 Å². The van der Waals surface area contributed by atoms with Gasteiger partial charge in [-0.15, -0.1) is 0 Å². The minimum Gasteiger partial charge on any atom is -0.465 e. The lowest BCUT2D eigenvalue weighted by atomic mass is 9.93. The fourth-order valence-corrected chi connectivity index (χ4v) is 2.47. The second-order valence-electron chi connectivity index (χ2n) is 7.86. The summed E-state index contributed by atoms with van der Waals surface area (Å²) in [5, 5.41) is 0. The molecule has 1 atom stereocenters. The van der Waals surface area contributed by atoms with Crippen LogP contribution in [0.15, 0.2) is 24.3 Å². The third-order valence-electron chi connectivity index (χ3n) is 5.12. The minimum atomic E-state index is -8.38. The molecule has 0 aromatic heterocycles. The number of halogens is 15. The van der Waals surface area contributed by atoms with E-state index in [4.69, 9.17) is 4.74 Å². The Balaban J connectivity index is 3.16. The smallest absolute Gasteiger partial charge is 0.465 e. The first-order chi connectivity index (χ1) is 16.8. The van der Waals surface area contributed by atoms with Crippen LogP contribution >= 0.6 is 0 Å². The molecule has 0 aliphatic heterocycles. The van der Waals surface area contributed by atoms with Gasteiger partial charge < -0.3 is 9.47 Å². The second-order valence-corrected chi connectivity index (χ2v) is 7.86. The van der Waals surface area contributed by atoms with Crippen LogP contribution in [0.3, 0.4) is 0 Å². The quantitative estimate of drug-likeness (QED) is 0.187. The summed E-state index contributed by atoms with van der Waals surface area (Å²) in [5.41, 5.74) is 0.148. The second kappa shape index (κ2) is 10.5. The molecule has 0 N–H and O–H groups in total. The summed E-state index contributed by atoms with van der Waals surface area (Å²) in [7, 11) is 0. The molecule has 0 radical (unpaired) electrons. The van der Waals surface area contributed by atoms with E-state index in [0.29, 0.717) is 18.6 Å². The van der Waals surface area contributed by atoms with Crippen molar-refractivity contribution in [2.24, 2.45) is 5.92 Å². The van der Waals surface area contributed by atoms with E-state index < -0.39 is 59.5 Å². The highest BCUT2D eigenvalue weighted by Gasteiger charge is 2.94. The number of hydrogen-bond donors (Lipinski definition) is 0. The predicted molar refractivity (Wildman–Crippen MR) is 96.9 cm³/mol. The summed E-state index contributed by atoms with van der Waals surface area (Å²) in [6.45, 7) is 2.98. The molecule has 1 aromatic carbocycles. The fraction of sp³-hybridized carbons (Fsp3) is 0.650. The summed E-state index contributed by atoms with van der Waals surface area (Å²) < 4.78 is 206. The zero-order valence-electron chi connectivity index (χ0n) is 18.9. The largest absolute Gasteiger partial charge is 0.471 e. The van der Waals surface area contributed by atoms with E-state index >= 15 is 0 Å². The number of carbonyl (C=O) groups is 1. The standard InChI is InChI=1S/C20H17F15O3/c1-3-10(2)13(36)37-9-8-11-4-6-12(7-5-11)38-20(34,35)18(29,30)16(25,26)14(21,22)15(23,24)17(27,28)19(31,32)33/h4-7,10H,3,8-9H2,1-2H3. The van der Waals surface area contributed by atoms with Crippen molar-refractivity contribution < 1.29 is 80.1 Å². The van der Waals surface area contributed by atoms with Gasteiger partial charge in [0, 0.05) is 6.42 Å². The van der Waals surface area contributed by atoms with Crippen molar-refractivity contribution in [1.82, 2.24) is 0 Å². The van der Waals surface area contributed by atoms with Gasteiger partial charge in [-0.1, -0.05) is 26.0 Å². The van der Waals surface area contributed by atoms with Crippen molar-refractivity contribution in [3.63, 3.8) is 0 Å². The first-order valence-corrected chi connectivity index (χ1v) is 10.1. The van der Waals surface area contributed by atoms with Crippen molar-refractivity contribution in [1.29, 1.82) is 0 Å². The van der Waals surface area contributed by atoms with Crippen LogP contribution in [-0.2, 0) is 16.0 Å².